The predicted octanol–water partition coefficient (Wildman–Crippen LogP) is 2.21. The minimum Gasteiger partial charge on any atom is -0.497 e. The van der Waals surface area contributed by atoms with Crippen molar-refractivity contribution in [3.8, 4) is 23.3 Å². The van der Waals surface area contributed by atoms with E-state index < -0.39 is 6.09 Å². The standard InChI is InChI=1S/C21H23N5O4/c1-29-16-7-13(8-17(10-16)30-2)3-4-14-9-18(25-19(14)20(23)24-12-22)15-5-6-26(11-15)21(27)28/h7-10,12,15,25H,5-6,11H2,1-2H3,(H,27,28)(H3,22,23,24). The maximum absolute atomic E-state index is 11.2. The van der Waals surface area contributed by atoms with Crippen LogP contribution in [0.25, 0.3) is 0 Å². The number of nitrogens with two attached hydrogens (primary N) is 1. The Kier molecular flexibility index (Phi) is 6.27. The fourth-order valence-corrected chi connectivity index (χ4v) is 3.34. The van der Waals surface area contributed by atoms with Crippen molar-refractivity contribution >= 4 is 18.3 Å². The lowest BCUT2D eigenvalue weighted by atomic mass is 10.0. The van der Waals surface area contributed by atoms with Crippen LogP contribution in [0.3, 0.4) is 0 Å². The maximum Gasteiger partial charge on any atom is 0.407 e. The third-order valence-electron chi connectivity index (χ3n) is 4.89. The first-order valence-corrected chi connectivity index (χ1v) is 9.23. The Morgan fingerprint density at radius 3 is 2.57 bits per heavy atom. The predicted molar refractivity (Wildman–Crippen MR) is 113 cm³/mol. The molecule has 1 amide bonds. The Morgan fingerprint density at radius 1 is 1.30 bits per heavy atom. The lowest BCUT2D eigenvalue weighted by Gasteiger charge is -2.11. The Labute approximate surface area is 174 Å². The molecule has 5 N–H and O–H groups in total. The van der Waals surface area contributed by atoms with Crippen molar-refractivity contribution in [2.75, 3.05) is 27.3 Å². The van der Waals surface area contributed by atoms with Crippen LogP contribution >= 0.6 is 0 Å². The highest BCUT2D eigenvalue weighted by atomic mass is 16.5. The van der Waals surface area contributed by atoms with Gasteiger partial charge in [0.2, 0.25) is 0 Å². The molecule has 1 aliphatic rings. The van der Waals surface area contributed by atoms with E-state index in [-0.39, 0.29) is 11.8 Å². The molecule has 1 saturated heterocycles. The number of nitrogens with zero attached hydrogens (tertiary/aromatic N) is 2. The second kappa shape index (κ2) is 9.05. The van der Waals surface area contributed by atoms with Gasteiger partial charge in [-0.05, 0) is 24.6 Å². The van der Waals surface area contributed by atoms with E-state index in [2.05, 4.69) is 21.8 Å². The molecule has 1 aromatic heterocycles. The molecule has 9 nitrogen and oxygen atoms in total. The van der Waals surface area contributed by atoms with Gasteiger partial charge in [0.15, 0.2) is 0 Å². The van der Waals surface area contributed by atoms with Gasteiger partial charge in [-0.25, -0.2) is 9.79 Å². The van der Waals surface area contributed by atoms with Crippen molar-refractivity contribution < 1.29 is 19.4 Å². The first kappa shape index (κ1) is 20.8. The van der Waals surface area contributed by atoms with E-state index in [1.54, 1.807) is 32.4 Å². The molecule has 0 bridgehead atoms. The summed E-state index contributed by atoms with van der Waals surface area (Å²) < 4.78 is 10.5. The molecule has 1 unspecified atom stereocenters. The number of carboxylic acid groups (broad SMARTS) is 1. The number of aliphatic imine (C=N–C) groups is 1. The second-order valence-corrected chi connectivity index (χ2v) is 6.72. The van der Waals surface area contributed by atoms with Crippen LogP contribution in [-0.2, 0) is 0 Å². The maximum atomic E-state index is 11.2. The largest absolute Gasteiger partial charge is 0.497 e. The fourth-order valence-electron chi connectivity index (χ4n) is 3.34. The lowest BCUT2D eigenvalue weighted by molar-refractivity contribution is 0.155. The Morgan fingerprint density at radius 2 is 2.00 bits per heavy atom. The number of aromatic nitrogens is 1. The van der Waals surface area contributed by atoms with E-state index in [4.69, 9.17) is 20.6 Å². The number of aromatic amines is 1. The summed E-state index contributed by atoms with van der Waals surface area (Å²) in [7, 11) is 3.14. The van der Waals surface area contributed by atoms with E-state index in [1.807, 2.05) is 6.07 Å². The van der Waals surface area contributed by atoms with Gasteiger partial charge in [-0.15, -0.1) is 0 Å². The van der Waals surface area contributed by atoms with Crippen molar-refractivity contribution in [3.05, 3.63) is 46.8 Å². The van der Waals surface area contributed by atoms with Gasteiger partial charge in [-0.2, -0.15) is 0 Å². The van der Waals surface area contributed by atoms with Crippen LogP contribution < -0.4 is 15.2 Å². The summed E-state index contributed by atoms with van der Waals surface area (Å²) in [4.78, 5) is 19.7. The van der Waals surface area contributed by atoms with Crippen LogP contribution in [0, 0.1) is 17.3 Å². The zero-order chi connectivity index (χ0) is 21.7. The van der Waals surface area contributed by atoms with Crippen LogP contribution in [0.15, 0.2) is 29.3 Å². The number of nitrogens with one attached hydrogen (secondary N) is 2. The fraction of sp³-hybridized carbons (Fsp3) is 0.286. The Hall–Kier alpha value is -3.93. The number of amides is 1. The first-order chi connectivity index (χ1) is 14.4. The molecular weight excluding hydrogens is 386 g/mol. The average Bonchev–Trinajstić information content (AvgIpc) is 3.39. The number of methoxy groups -OCH3 is 2. The van der Waals surface area contributed by atoms with Gasteiger partial charge >= 0.3 is 6.09 Å². The summed E-state index contributed by atoms with van der Waals surface area (Å²) in [5, 5.41) is 16.4. The van der Waals surface area contributed by atoms with E-state index in [9.17, 15) is 9.90 Å². The van der Waals surface area contributed by atoms with E-state index in [0.29, 0.717) is 47.8 Å². The van der Waals surface area contributed by atoms with Gasteiger partial charge < -0.3 is 30.2 Å². The minimum atomic E-state index is -0.929. The number of benzene rings is 1. The smallest absolute Gasteiger partial charge is 0.407 e. The van der Waals surface area contributed by atoms with Crippen molar-refractivity contribution in [2.24, 2.45) is 10.7 Å². The first-order valence-electron chi connectivity index (χ1n) is 9.23. The average molecular weight is 409 g/mol. The molecule has 0 radical (unpaired) electrons. The monoisotopic (exact) mass is 409 g/mol. The molecule has 9 heteroatoms. The van der Waals surface area contributed by atoms with Crippen molar-refractivity contribution in [1.29, 1.82) is 5.41 Å². The van der Waals surface area contributed by atoms with Crippen LogP contribution in [0.2, 0.25) is 0 Å². The third-order valence-corrected chi connectivity index (χ3v) is 4.89. The Bertz CT molecular complexity index is 1030. The van der Waals surface area contributed by atoms with Gasteiger partial charge in [-0.3, -0.25) is 5.41 Å². The molecule has 0 aliphatic carbocycles. The summed E-state index contributed by atoms with van der Waals surface area (Å²) in [5.41, 5.74) is 8.66. The highest BCUT2D eigenvalue weighted by molar-refractivity contribution is 6.01. The SMILES string of the molecule is COc1cc(C#Cc2cc(C3CCN(C(=O)O)C3)[nH]c2C(N)=NC=N)cc(OC)c1. The molecule has 1 atom stereocenters. The molecule has 0 saturated carbocycles. The summed E-state index contributed by atoms with van der Waals surface area (Å²) in [6.45, 7) is 0.875. The molecule has 2 aromatic rings. The number of amidine groups is 1. The summed E-state index contributed by atoms with van der Waals surface area (Å²) >= 11 is 0. The minimum absolute atomic E-state index is 0.0140. The van der Waals surface area contributed by atoms with E-state index in [0.717, 1.165) is 12.0 Å². The van der Waals surface area contributed by atoms with E-state index in [1.165, 1.54) is 4.90 Å². The second-order valence-electron chi connectivity index (χ2n) is 6.72. The molecule has 3 rings (SSSR count). The summed E-state index contributed by atoms with van der Waals surface area (Å²) in [6, 6.07) is 7.20. The van der Waals surface area contributed by atoms with Crippen LogP contribution in [0.1, 0.15) is 34.9 Å². The van der Waals surface area contributed by atoms with Gasteiger partial charge in [-0.1, -0.05) is 11.8 Å². The topological polar surface area (TPSA) is 137 Å². The molecular formula is C21H23N5O4. The van der Waals surface area contributed by atoms with Gasteiger partial charge in [0.05, 0.1) is 25.5 Å². The van der Waals surface area contributed by atoms with Crippen molar-refractivity contribution in [1.82, 2.24) is 9.88 Å². The zero-order valence-electron chi connectivity index (χ0n) is 16.7. The number of rotatable bonds is 5. The molecule has 30 heavy (non-hydrogen) atoms. The highest BCUT2D eigenvalue weighted by Crippen LogP contribution is 2.28. The number of ether oxygens (including phenoxy) is 2. The quantitative estimate of drug-likeness (QED) is 0.341. The molecule has 1 aliphatic heterocycles. The van der Waals surface area contributed by atoms with Gasteiger partial charge in [0.25, 0.3) is 0 Å². The number of hydrogen-bond acceptors (Lipinski definition) is 4. The number of H-pyrrole nitrogens is 1. The number of likely N-dealkylation sites (tertiary alicyclic amines) is 1. The normalized spacial score (nSPS) is 16.0. The van der Waals surface area contributed by atoms with Crippen LogP contribution in [0.4, 0.5) is 4.79 Å². The summed E-state index contributed by atoms with van der Waals surface area (Å²) in [6.07, 6.45) is 0.636. The van der Waals surface area contributed by atoms with Crippen LogP contribution in [-0.4, -0.2) is 60.6 Å². The van der Waals surface area contributed by atoms with Gasteiger partial charge in [0.1, 0.15) is 23.7 Å². The van der Waals surface area contributed by atoms with E-state index >= 15 is 0 Å². The molecule has 156 valence electrons. The molecule has 1 fully saturated rings. The summed E-state index contributed by atoms with van der Waals surface area (Å²) in [5.74, 6) is 7.56. The molecule has 1 aromatic carbocycles. The molecule has 2 heterocycles. The number of carbonyl (C=O) groups is 1. The van der Waals surface area contributed by atoms with Crippen molar-refractivity contribution in [3.63, 3.8) is 0 Å². The molecule has 0 spiro atoms. The lowest BCUT2D eigenvalue weighted by Crippen LogP contribution is -2.26. The zero-order valence-corrected chi connectivity index (χ0v) is 16.7. The highest BCUT2D eigenvalue weighted by Gasteiger charge is 2.28. The number of hydrogen-bond donors (Lipinski definition) is 4. The Balaban J connectivity index is 1.98. The third kappa shape index (κ3) is 4.55. The van der Waals surface area contributed by atoms with Crippen molar-refractivity contribution in [2.45, 2.75) is 12.3 Å². The van der Waals surface area contributed by atoms with Crippen LogP contribution in [0.5, 0.6) is 11.5 Å². The van der Waals surface area contributed by atoms with Gasteiger partial charge in [0, 0.05) is 36.3 Å².